The molecule has 0 bridgehead atoms. The summed E-state index contributed by atoms with van der Waals surface area (Å²) in [6, 6.07) is -0.659. The number of hydrogen-bond donors (Lipinski definition) is 3. The van der Waals surface area contributed by atoms with Crippen LogP contribution in [0.1, 0.15) is 52.9 Å². The second-order valence-corrected chi connectivity index (χ2v) is 5.99. The normalized spacial score (nSPS) is 30.5. The average molecular weight is 300 g/mol. The summed E-state index contributed by atoms with van der Waals surface area (Å²) in [4.78, 5) is 22.6. The molecule has 1 fully saturated rings. The first-order valence-corrected chi connectivity index (χ1v) is 7.75. The van der Waals surface area contributed by atoms with Gasteiger partial charge in [-0.05, 0) is 38.5 Å². The number of carbonyl (C=O) groups is 2. The minimum Gasteiger partial charge on any atom is -0.463 e. The van der Waals surface area contributed by atoms with Crippen molar-refractivity contribution >= 4 is 11.9 Å². The Labute approximate surface area is 126 Å². The maximum atomic E-state index is 11.6. The summed E-state index contributed by atoms with van der Waals surface area (Å²) >= 11 is 0. The number of rotatable bonds is 6. The Hall–Kier alpha value is -1.14. The Morgan fingerprint density at radius 3 is 2.67 bits per heavy atom. The third-order valence-electron chi connectivity index (χ3n) is 4.02. The molecule has 6 heteroatoms. The smallest absolute Gasteiger partial charge is 0.302 e. The predicted molar refractivity (Wildman–Crippen MR) is 79.4 cm³/mol. The third kappa shape index (κ3) is 5.63. The molecule has 5 atom stereocenters. The van der Waals surface area contributed by atoms with E-state index in [2.05, 4.69) is 5.32 Å². The highest BCUT2D eigenvalue weighted by Gasteiger charge is 2.37. The molecule has 1 amide bonds. The largest absolute Gasteiger partial charge is 0.463 e. The van der Waals surface area contributed by atoms with E-state index in [1.54, 1.807) is 0 Å². The molecule has 1 rings (SSSR count). The van der Waals surface area contributed by atoms with Crippen LogP contribution in [0.15, 0.2) is 0 Å². The Kier molecular flexibility index (Phi) is 7.11. The molecule has 0 aromatic heterocycles. The van der Waals surface area contributed by atoms with Gasteiger partial charge in [-0.3, -0.25) is 9.59 Å². The highest BCUT2D eigenvalue weighted by Crippen LogP contribution is 2.28. The van der Waals surface area contributed by atoms with Gasteiger partial charge in [0.25, 0.3) is 0 Å². The van der Waals surface area contributed by atoms with Gasteiger partial charge >= 0.3 is 5.97 Å². The van der Waals surface area contributed by atoms with Crippen LogP contribution in [0.5, 0.6) is 0 Å². The van der Waals surface area contributed by atoms with Gasteiger partial charge in [-0.2, -0.15) is 0 Å². The van der Waals surface area contributed by atoms with E-state index in [0.717, 1.165) is 19.3 Å². The summed E-state index contributed by atoms with van der Waals surface area (Å²) in [6.07, 6.45) is 2.43. The van der Waals surface area contributed by atoms with Crippen molar-refractivity contribution in [3.05, 3.63) is 0 Å². The molecular weight excluding hydrogens is 272 g/mol. The van der Waals surface area contributed by atoms with Gasteiger partial charge in [0.1, 0.15) is 0 Å². The van der Waals surface area contributed by atoms with Crippen molar-refractivity contribution in [3.63, 3.8) is 0 Å². The van der Waals surface area contributed by atoms with Crippen LogP contribution in [0.2, 0.25) is 0 Å². The van der Waals surface area contributed by atoms with E-state index in [0.29, 0.717) is 12.8 Å². The topological polar surface area (TPSA) is 102 Å². The van der Waals surface area contributed by atoms with Gasteiger partial charge in [0.15, 0.2) is 0 Å². The second-order valence-electron chi connectivity index (χ2n) is 5.99. The van der Waals surface area contributed by atoms with E-state index in [9.17, 15) is 14.7 Å². The molecular formula is C15H28N2O4. The lowest BCUT2D eigenvalue weighted by Crippen LogP contribution is -2.58. The zero-order chi connectivity index (χ0) is 16.0. The van der Waals surface area contributed by atoms with E-state index in [-0.39, 0.29) is 29.9 Å². The summed E-state index contributed by atoms with van der Waals surface area (Å²) in [5, 5.41) is 13.2. The van der Waals surface area contributed by atoms with Crippen molar-refractivity contribution in [2.45, 2.75) is 77.2 Å². The first kappa shape index (κ1) is 17.9. The number of amides is 1. The molecule has 1 aliphatic carbocycles. The Balaban J connectivity index is 2.50. The zero-order valence-corrected chi connectivity index (χ0v) is 13.2. The molecule has 0 saturated heterocycles. The number of aliphatic hydroxyl groups excluding tert-OH is 1. The van der Waals surface area contributed by atoms with Gasteiger partial charge in [0.05, 0.1) is 18.2 Å². The quantitative estimate of drug-likeness (QED) is 0.627. The van der Waals surface area contributed by atoms with Crippen LogP contribution in [0.4, 0.5) is 0 Å². The molecule has 0 aromatic rings. The predicted octanol–water partition coefficient (Wildman–Crippen LogP) is 0.711. The van der Waals surface area contributed by atoms with Crippen molar-refractivity contribution in [2.75, 3.05) is 0 Å². The molecule has 21 heavy (non-hydrogen) atoms. The van der Waals surface area contributed by atoms with Crippen molar-refractivity contribution in [3.8, 4) is 0 Å². The van der Waals surface area contributed by atoms with Crippen LogP contribution in [-0.2, 0) is 14.3 Å². The average Bonchev–Trinajstić information content (AvgIpc) is 2.38. The lowest BCUT2D eigenvalue weighted by atomic mass is 9.77. The van der Waals surface area contributed by atoms with Crippen LogP contribution in [0, 0.1) is 5.92 Å². The summed E-state index contributed by atoms with van der Waals surface area (Å²) < 4.78 is 5.10. The van der Waals surface area contributed by atoms with Crippen molar-refractivity contribution < 1.29 is 19.4 Å². The van der Waals surface area contributed by atoms with Gasteiger partial charge < -0.3 is 20.9 Å². The van der Waals surface area contributed by atoms with Gasteiger partial charge in [-0.1, -0.05) is 6.92 Å². The molecule has 4 N–H and O–H groups in total. The van der Waals surface area contributed by atoms with E-state index >= 15 is 0 Å². The summed E-state index contributed by atoms with van der Waals surface area (Å²) in [7, 11) is 0. The van der Waals surface area contributed by atoms with Crippen LogP contribution in [-0.4, -0.2) is 41.3 Å². The van der Waals surface area contributed by atoms with Crippen LogP contribution in [0.3, 0.4) is 0 Å². The van der Waals surface area contributed by atoms with E-state index in [1.165, 1.54) is 6.92 Å². The number of hydrogen-bond acceptors (Lipinski definition) is 5. The highest BCUT2D eigenvalue weighted by atomic mass is 16.5. The first-order chi connectivity index (χ1) is 9.85. The van der Waals surface area contributed by atoms with Crippen molar-refractivity contribution in [1.82, 2.24) is 5.32 Å². The first-order valence-electron chi connectivity index (χ1n) is 7.75. The summed E-state index contributed by atoms with van der Waals surface area (Å²) in [5.74, 6) is -0.340. The van der Waals surface area contributed by atoms with Gasteiger partial charge in [-0.25, -0.2) is 0 Å². The van der Waals surface area contributed by atoms with E-state index < -0.39 is 12.1 Å². The molecule has 0 aliphatic heterocycles. The SMILES string of the molecule is CCCC(=O)NC1CCC(CC(C)OC(C)=O)C(O)C1N. The fraction of sp³-hybridized carbons (Fsp3) is 0.867. The fourth-order valence-electron chi connectivity index (χ4n) is 3.00. The number of nitrogens with two attached hydrogens (primary N) is 1. The molecule has 0 aromatic carbocycles. The summed E-state index contributed by atoms with van der Waals surface area (Å²) in [6.45, 7) is 5.13. The molecule has 6 nitrogen and oxygen atoms in total. The van der Waals surface area contributed by atoms with Gasteiger partial charge in [0.2, 0.25) is 5.91 Å². The van der Waals surface area contributed by atoms with Crippen molar-refractivity contribution in [2.24, 2.45) is 11.7 Å². The molecule has 5 unspecified atom stereocenters. The Morgan fingerprint density at radius 2 is 2.10 bits per heavy atom. The van der Waals surface area contributed by atoms with Crippen LogP contribution >= 0.6 is 0 Å². The third-order valence-corrected chi connectivity index (χ3v) is 4.02. The zero-order valence-electron chi connectivity index (χ0n) is 13.2. The lowest BCUT2D eigenvalue weighted by Gasteiger charge is -2.39. The molecule has 0 spiro atoms. The van der Waals surface area contributed by atoms with Crippen molar-refractivity contribution in [1.29, 1.82) is 0 Å². The maximum absolute atomic E-state index is 11.6. The summed E-state index contributed by atoms with van der Waals surface area (Å²) in [5.41, 5.74) is 6.06. The van der Waals surface area contributed by atoms with E-state index in [1.807, 2.05) is 13.8 Å². The van der Waals surface area contributed by atoms with Gasteiger partial charge in [-0.15, -0.1) is 0 Å². The maximum Gasteiger partial charge on any atom is 0.302 e. The Morgan fingerprint density at radius 1 is 1.43 bits per heavy atom. The minimum absolute atomic E-state index is 0.00585. The molecule has 1 saturated carbocycles. The van der Waals surface area contributed by atoms with E-state index in [4.69, 9.17) is 10.5 Å². The second kappa shape index (κ2) is 8.34. The monoisotopic (exact) mass is 300 g/mol. The van der Waals surface area contributed by atoms with Crippen LogP contribution < -0.4 is 11.1 Å². The number of ether oxygens (including phenoxy) is 1. The minimum atomic E-state index is -0.691. The number of aliphatic hydroxyl groups is 1. The standard InChI is InChI=1S/C15H28N2O4/c1-4-5-13(19)17-12-7-6-11(15(20)14(12)16)8-9(2)21-10(3)18/h9,11-12,14-15,20H,4-8,16H2,1-3H3,(H,17,19). The molecule has 0 radical (unpaired) electrons. The van der Waals surface area contributed by atoms with Crippen LogP contribution in [0.25, 0.3) is 0 Å². The number of esters is 1. The highest BCUT2D eigenvalue weighted by molar-refractivity contribution is 5.76. The number of nitrogens with one attached hydrogen (secondary N) is 1. The lowest BCUT2D eigenvalue weighted by molar-refractivity contribution is -0.147. The fourth-order valence-corrected chi connectivity index (χ4v) is 3.00. The number of carbonyl (C=O) groups excluding carboxylic acids is 2. The van der Waals surface area contributed by atoms with Gasteiger partial charge in [0, 0.05) is 19.4 Å². The molecule has 1 aliphatic rings. The molecule has 122 valence electrons. The Bertz CT molecular complexity index is 362. The molecule has 0 heterocycles.